The molecule has 0 unspecified atom stereocenters. The number of amides is 1. The molecule has 0 heterocycles. The summed E-state index contributed by atoms with van der Waals surface area (Å²) < 4.78 is 0. The van der Waals surface area contributed by atoms with E-state index in [0.717, 1.165) is 6.42 Å². The first kappa shape index (κ1) is 15.4. The molecular formula is C12H16ClN3O3. The van der Waals surface area contributed by atoms with Crippen LogP contribution in [0.15, 0.2) is 18.2 Å². The van der Waals surface area contributed by atoms with Gasteiger partial charge in [-0.1, -0.05) is 18.5 Å². The minimum atomic E-state index is -0.486. The number of hydrogen-bond donors (Lipinski definition) is 2. The van der Waals surface area contributed by atoms with Crippen molar-refractivity contribution < 1.29 is 9.72 Å². The number of carbonyl (C=O) groups excluding carboxylic acids is 1. The zero-order valence-electron chi connectivity index (χ0n) is 10.6. The Balaban J connectivity index is 2.53. The van der Waals surface area contributed by atoms with Crippen LogP contribution in [0.4, 0.5) is 5.69 Å². The van der Waals surface area contributed by atoms with E-state index in [1.807, 2.05) is 6.92 Å². The van der Waals surface area contributed by atoms with Gasteiger partial charge in [0.25, 0.3) is 5.69 Å². The van der Waals surface area contributed by atoms with Gasteiger partial charge in [-0.25, -0.2) is 0 Å². The number of nitrogens with zero attached hydrogens (tertiary/aromatic N) is 1. The third-order valence-corrected chi connectivity index (χ3v) is 2.65. The second-order valence-corrected chi connectivity index (χ2v) is 4.42. The van der Waals surface area contributed by atoms with E-state index in [-0.39, 0.29) is 24.7 Å². The van der Waals surface area contributed by atoms with E-state index in [4.69, 9.17) is 11.6 Å². The summed E-state index contributed by atoms with van der Waals surface area (Å²) in [5.41, 5.74) is 0.451. The van der Waals surface area contributed by atoms with Crippen LogP contribution >= 0.6 is 11.6 Å². The lowest BCUT2D eigenvalue weighted by atomic mass is 10.2. The van der Waals surface area contributed by atoms with E-state index in [2.05, 4.69) is 10.6 Å². The Morgan fingerprint density at radius 1 is 1.47 bits per heavy atom. The highest BCUT2D eigenvalue weighted by Crippen LogP contribution is 2.22. The quantitative estimate of drug-likeness (QED) is 0.591. The minimum absolute atomic E-state index is 0.0473. The lowest BCUT2D eigenvalue weighted by molar-refractivity contribution is -0.385. The number of carbonyl (C=O) groups is 1. The lowest BCUT2D eigenvalue weighted by Crippen LogP contribution is -2.34. The predicted octanol–water partition coefficient (Wildman–Crippen LogP) is 1.86. The number of hydrogen-bond acceptors (Lipinski definition) is 4. The third kappa shape index (κ3) is 5.23. The molecular weight excluding hydrogens is 270 g/mol. The Morgan fingerprint density at radius 3 is 2.84 bits per heavy atom. The summed E-state index contributed by atoms with van der Waals surface area (Å²) in [6.45, 7) is 2.96. The number of nitro benzene ring substituents is 1. The molecule has 0 aliphatic rings. The SMILES string of the molecule is CCCNC(=O)CNCc1ccc(Cl)cc1[N+](=O)[O-]. The van der Waals surface area contributed by atoms with E-state index in [9.17, 15) is 14.9 Å². The van der Waals surface area contributed by atoms with Crippen LogP contribution in [0.1, 0.15) is 18.9 Å². The number of benzene rings is 1. The average molecular weight is 286 g/mol. The molecule has 104 valence electrons. The summed E-state index contributed by atoms with van der Waals surface area (Å²) in [5, 5.41) is 16.7. The van der Waals surface area contributed by atoms with Crippen molar-refractivity contribution in [3.05, 3.63) is 38.9 Å². The van der Waals surface area contributed by atoms with Crippen LogP contribution in [-0.4, -0.2) is 23.9 Å². The summed E-state index contributed by atoms with van der Waals surface area (Å²) in [6, 6.07) is 4.47. The first-order valence-electron chi connectivity index (χ1n) is 5.94. The number of nitrogens with one attached hydrogen (secondary N) is 2. The fourth-order valence-corrected chi connectivity index (χ4v) is 1.66. The van der Waals surface area contributed by atoms with Gasteiger partial charge in [-0.15, -0.1) is 0 Å². The van der Waals surface area contributed by atoms with Crippen LogP contribution in [-0.2, 0) is 11.3 Å². The molecule has 1 aromatic rings. The summed E-state index contributed by atoms with van der Waals surface area (Å²) >= 11 is 5.71. The van der Waals surface area contributed by atoms with Crippen molar-refractivity contribution in [2.24, 2.45) is 0 Å². The molecule has 1 aromatic carbocycles. The molecule has 0 aliphatic carbocycles. The Hall–Kier alpha value is -1.66. The molecule has 1 amide bonds. The van der Waals surface area contributed by atoms with Gasteiger partial charge < -0.3 is 10.6 Å². The first-order valence-corrected chi connectivity index (χ1v) is 6.32. The Labute approximate surface area is 116 Å². The molecule has 0 radical (unpaired) electrons. The van der Waals surface area contributed by atoms with Crippen LogP contribution < -0.4 is 10.6 Å². The van der Waals surface area contributed by atoms with Crippen LogP contribution in [0.25, 0.3) is 0 Å². The second-order valence-electron chi connectivity index (χ2n) is 3.98. The predicted molar refractivity (Wildman–Crippen MR) is 73.1 cm³/mol. The van der Waals surface area contributed by atoms with Crippen molar-refractivity contribution in [3.8, 4) is 0 Å². The van der Waals surface area contributed by atoms with Gasteiger partial charge in [-0.2, -0.15) is 0 Å². The van der Waals surface area contributed by atoms with Crippen molar-refractivity contribution in [1.29, 1.82) is 0 Å². The molecule has 0 saturated heterocycles. The van der Waals surface area contributed by atoms with Crippen LogP contribution in [0.5, 0.6) is 0 Å². The Bertz CT molecular complexity index is 466. The highest BCUT2D eigenvalue weighted by Gasteiger charge is 2.13. The zero-order valence-corrected chi connectivity index (χ0v) is 11.4. The van der Waals surface area contributed by atoms with Crippen LogP contribution in [0, 0.1) is 10.1 Å². The maximum atomic E-state index is 11.3. The molecule has 19 heavy (non-hydrogen) atoms. The van der Waals surface area contributed by atoms with E-state index in [0.29, 0.717) is 17.1 Å². The smallest absolute Gasteiger partial charge is 0.275 e. The van der Waals surface area contributed by atoms with Gasteiger partial charge in [0.1, 0.15) is 0 Å². The second kappa shape index (κ2) is 7.70. The van der Waals surface area contributed by atoms with Gasteiger partial charge >= 0.3 is 0 Å². The first-order chi connectivity index (χ1) is 9.04. The van der Waals surface area contributed by atoms with Crippen LogP contribution in [0.2, 0.25) is 5.02 Å². The fraction of sp³-hybridized carbons (Fsp3) is 0.417. The number of halogens is 1. The normalized spacial score (nSPS) is 10.2. The summed E-state index contributed by atoms with van der Waals surface area (Å²) in [4.78, 5) is 21.7. The van der Waals surface area contributed by atoms with Crippen molar-refractivity contribution in [2.75, 3.05) is 13.1 Å². The largest absolute Gasteiger partial charge is 0.355 e. The highest BCUT2D eigenvalue weighted by atomic mass is 35.5. The highest BCUT2D eigenvalue weighted by molar-refractivity contribution is 6.30. The van der Waals surface area contributed by atoms with Gasteiger partial charge in [-0.05, 0) is 18.6 Å². The fourth-order valence-electron chi connectivity index (χ4n) is 1.49. The topological polar surface area (TPSA) is 84.3 Å². The molecule has 2 N–H and O–H groups in total. The maximum Gasteiger partial charge on any atom is 0.275 e. The molecule has 0 spiro atoms. The molecule has 0 fully saturated rings. The van der Waals surface area contributed by atoms with E-state index in [1.165, 1.54) is 6.07 Å². The summed E-state index contributed by atoms with van der Waals surface area (Å²) in [5.74, 6) is -0.126. The molecule has 6 nitrogen and oxygen atoms in total. The minimum Gasteiger partial charge on any atom is -0.355 e. The Kier molecular flexibility index (Phi) is 6.24. The molecule has 1 rings (SSSR count). The van der Waals surface area contributed by atoms with E-state index in [1.54, 1.807) is 12.1 Å². The van der Waals surface area contributed by atoms with Gasteiger partial charge in [0.05, 0.1) is 11.5 Å². The van der Waals surface area contributed by atoms with Gasteiger partial charge in [0.2, 0.25) is 5.91 Å². The Morgan fingerprint density at radius 2 is 2.21 bits per heavy atom. The molecule has 0 saturated carbocycles. The van der Waals surface area contributed by atoms with E-state index >= 15 is 0 Å². The summed E-state index contributed by atoms with van der Waals surface area (Å²) in [7, 11) is 0. The molecule has 7 heteroatoms. The monoisotopic (exact) mass is 285 g/mol. The van der Waals surface area contributed by atoms with Crippen molar-refractivity contribution >= 4 is 23.2 Å². The van der Waals surface area contributed by atoms with Crippen molar-refractivity contribution in [2.45, 2.75) is 19.9 Å². The molecule has 0 atom stereocenters. The average Bonchev–Trinajstić information content (AvgIpc) is 2.37. The van der Waals surface area contributed by atoms with Gasteiger partial charge in [-0.3, -0.25) is 14.9 Å². The van der Waals surface area contributed by atoms with Crippen LogP contribution in [0.3, 0.4) is 0 Å². The standard InChI is InChI=1S/C12H16ClN3O3/c1-2-5-15-12(17)8-14-7-9-3-4-10(13)6-11(9)16(18)19/h3-4,6,14H,2,5,7-8H2,1H3,(H,15,17). The van der Waals surface area contributed by atoms with Crippen molar-refractivity contribution in [3.63, 3.8) is 0 Å². The lowest BCUT2D eigenvalue weighted by Gasteiger charge is -2.06. The maximum absolute atomic E-state index is 11.3. The number of rotatable bonds is 7. The number of nitro groups is 1. The molecule has 0 bridgehead atoms. The van der Waals surface area contributed by atoms with Gasteiger partial charge in [0, 0.05) is 29.7 Å². The van der Waals surface area contributed by atoms with Gasteiger partial charge in [0.15, 0.2) is 0 Å². The van der Waals surface area contributed by atoms with E-state index < -0.39 is 4.92 Å². The third-order valence-electron chi connectivity index (χ3n) is 2.42. The molecule has 0 aromatic heterocycles. The van der Waals surface area contributed by atoms with Crippen molar-refractivity contribution in [1.82, 2.24) is 10.6 Å². The zero-order chi connectivity index (χ0) is 14.3. The molecule has 0 aliphatic heterocycles. The summed E-state index contributed by atoms with van der Waals surface area (Å²) in [6.07, 6.45) is 0.869.